The van der Waals surface area contributed by atoms with E-state index in [1.807, 2.05) is 39.9 Å². The van der Waals surface area contributed by atoms with Crippen molar-refractivity contribution in [2.75, 3.05) is 13.1 Å². The maximum atomic E-state index is 12.5. The fourth-order valence-electron chi connectivity index (χ4n) is 4.99. The lowest BCUT2D eigenvalue weighted by atomic mass is 9.91. The molecule has 0 spiro atoms. The predicted octanol–water partition coefficient (Wildman–Crippen LogP) is 4.76. The highest BCUT2D eigenvalue weighted by atomic mass is 16.6. The number of nitrogens with zero attached hydrogens (tertiary/aromatic N) is 4. The number of hydrogen-bond acceptors (Lipinski definition) is 5. The summed E-state index contributed by atoms with van der Waals surface area (Å²) in [7, 11) is 0. The molecule has 0 unspecified atom stereocenters. The Labute approximate surface area is 205 Å². The van der Waals surface area contributed by atoms with Gasteiger partial charge < -0.3 is 15.0 Å². The highest BCUT2D eigenvalue weighted by Gasteiger charge is 2.27. The molecule has 5 rings (SSSR count). The van der Waals surface area contributed by atoms with Crippen LogP contribution >= 0.6 is 0 Å². The van der Waals surface area contributed by atoms with Crippen molar-refractivity contribution in [3.8, 4) is 16.9 Å². The summed E-state index contributed by atoms with van der Waals surface area (Å²) in [6.45, 7) is 3.66. The maximum absolute atomic E-state index is 12.5. The Morgan fingerprint density at radius 2 is 1.69 bits per heavy atom. The minimum Gasteiger partial charge on any atom is -0.410 e. The molecule has 2 fully saturated rings. The van der Waals surface area contributed by atoms with Gasteiger partial charge in [-0.05, 0) is 68.7 Å². The van der Waals surface area contributed by atoms with Gasteiger partial charge in [0, 0.05) is 19.1 Å². The fraction of sp³-hybridized carbons (Fsp3) is 0.407. The van der Waals surface area contributed by atoms with Crippen molar-refractivity contribution in [1.82, 2.24) is 25.2 Å². The third kappa shape index (κ3) is 5.53. The minimum atomic E-state index is -0.436. The van der Waals surface area contributed by atoms with E-state index in [0.29, 0.717) is 11.4 Å². The lowest BCUT2D eigenvalue weighted by molar-refractivity contribution is 0.0786. The van der Waals surface area contributed by atoms with Crippen molar-refractivity contribution in [1.29, 1.82) is 0 Å². The second-order valence-corrected chi connectivity index (χ2v) is 9.52. The lowest BCUT2D eigenvalue weighted by Gasteiger charge is -2.28. The molecule has 0 atom stereocenters. The number of benzene rings is 2. The van der Waals surface area contributed by atoms with Gasteiger partial charge in [-0.3, -0.25) is 4.79 Å². The van der Waals surface area contributed by atoms with Crippen molar-refractivity contribution < 1.29 is 14.3 Å². The molecule has 2 amide bonds. The Hall–Kier alpha value is -3.68. The topological polar surface area (TPSA) is 89.4 Å². The van der Waals surface area contributed by atoms with Gasteiger partial charge in [0.05, 0.1) is 12.2 Å². The van der Waals surface area contributed by atoms with Crippen LogP contribution in [0.25, 0.3) is 11.1 Å². The van der Waals surface area contributed by atoms with Gasteiger partial charge in [0.25, 0.3) is 5.91 Å². The van der Waals surface area contributed by atoms with E-state index in [1.54, 1.807) is 12.3 Å². The summed E-state index contributed by atoms with van der Waals surface area (Å²) in [5.41, 5.74) is 3.70. The van der Waals surface area contributed by atoms with Crippen molar-refractivity contribution in [3.63, 3.8) is 0 Å². The molecule has 0 radical (unpaired) electrons. The molecule has 35 heavy (non-hydrogen) atoms. The van der Waals surface area contributed by atoms with Crippen LogP contribution in [0.3, 0.4) is 0 Å². The molecule has 1 aliphatic carbocycles. The molecule has 1 aliphatic heterocycles. The summed E-state index contributed by atoms with van der Waals surface area (Å²) in [4.78, 5) is 26.9. The van der Waals surface area contributed by atoms with Crippen LogP contribution < -0.4 is 10.1 Å². The van der Waals surface area contributed by atoms with Gasteiger partial charge in [-0.25, -0.2) is 9.48 Å². The Balaban J connectivity index is 1.12. The molecule has 0 bridgehead atoms. The van der Waals surface area contributed by atoms with Crippen LogP contribution in [0.1, 0.15) is 60.6 Å². The Kier molecular flexibility index (Phi) is 6.79. The number of aromatic nitrogens is 3. The highest BCUT2D eigenvalue weighted by molar-refractivity contribution is 5.92. The van der Waals surface area contributed by atoms with Crippen LogP contribution in [-0.2, 0) is 0 Å². The smallest absolute Gasteiger partial charge is 0.410 e. The normalized spacial score (nSPS) is 20.0. The first kappa shape index (κ1) is 23.1. The number of amides is 2. The largest absolute Gasteiger partial charge is 0.412 e. The number of rotatable bonds is 5. The number of nitrogens with one attached hydrogen (secondary N) is 1. The lowest BCUT2D eigenvalue weighted by Crippen LogP contribution is -2.39. The molecule has 2 aromatic carbocycles. The zero-order valence-electron chi connectivity index (χ0n) is 20.0. The summed E-state index contributed by atoms with van der Waals surface area (Å²) in [5, 5.41) is 11.3. The van der Waals surface area contributed by atoms with Gasteiger partial charge in [-0.15, -0.1) is 5.10 Å². The van der Waals surface area contributed by atoms with Crippen LogP contribution in [0, 0.1) is 6.92 Å². The molecule has 1 aromatic heterocycles. The molecular formula is C27H31N5O3. The van der Waals surface area contributed by atoms with Crippen LogP contribution in [0.2, 0.25) is 0 Å². The second kappa shape index (κ2) is 10.3. The fourth-order valence-corrected chi connectivity index (χ4v) is 4.99. The van der Waals surface area contributed by atoms with E-state index in [9.17, 15) is 9.59 Å². The van der Waals surface area contributed by atoms with Crippen LogP contribution in [0.4, 0.5) is 4.79 Å². The SMILES string of the molecule is Cc1cccc(-c2cccc(OC(=O)NC3CCC(n4cc(C(=O)N5CCCC5)nn4)CC3)c2)c1. The van der Waals surface area contributed by atoms with E-state index in [0.717, 1.165) is 62.7 Å². The van der Waals surface area contributed by atoms with E-state index >= 15 is 0 Å². The van der Waals surface area contributed by atoms with E-state index < -0.39 is 6.09 Å². The number of aryl methyl sites for hydroxylation is 1. The summed E-state index contributed by atoms with van der Waals surface area (Å²) in [6, 6.07) is 16.0. The number of likely N-dealkylation sites (tertiary alicyclic amines) is 1. The first-order chi connectivity index (χ1) is 17.0. The van der Waals surface area contributed by atoms with Gasteiger partial charge in [-0.2, -0.15) is 0 Å². The molecule has 8 nitrogen and oxygen atoms in total. The molecule has 8 heteroatoms. The molecule has 1 saturated carbocycles. The third-order valence-electron chi connectivity index (χ3n) is 6.91. The number of hydrogen-bond donors (Lipinski definition) is 1. The van der Waals surface area contributed by atoms with E-state index in [1.165, 1.54) is 5.56 Å². The van der Waals surface area contributed by atoms with E-state index in [-0.39, 0.29) is 18.0 Å². The second-order valence-electron chi connectivity index (χ2n) is 9.52. The first-order valence-electron chi connectivity index (χ1n) is 12.4. The summed E-state index contributed by atoms with van der Waals surface area (Å²) in [5.74, 6) is 0.492. The standard InChI is InChI=1S/C27H31N5O3/c1-19-6-4-7-20(16-19)21-8-5-9-24(17-21)35-27(34)28-22-10-12-23(13-11-22)32-18-25(29-30-32)26(33)31-14-2-3-15-31/h4-9,16-18,22-23H,2-3,10-15H2,1H3,(H,28,34). The molecular weight excluding hydrogens is 442 g/mol. The molecule has 1 saturated heterocycles. The summed E-state index contributed by atoms with van der Waals surface area (Å²) in [6.07, 6.45) is 6.79. The Bertz CT molecular complexity index is 1190. The van der Waals surface area contributed by atoms with Gasteiger partial charge in [0.2, 0.25) is 0 Å². The summed E-state index contributed by atoms with van der Waals surface area (Å²) < 4.78 is 7.39. The van der Waals surface area contributed by atoms with E-state index in [4.69, 9.17) is 4.74 Å². The maximum Gasteiger partial charge on any atom is 0.412 e. The zero-order chi connectivity index (χ0) is 24.2. The number of carbonyl (C=O) groups excluding carboxylic acids is 2. The zero-order valence-corrected chi connectivity index (χ0v) is 20.0. The Morgan fingerprint density at radius 3 is 2.43 bits per heavy atom. The average Bonchev–Trinajstić information content (AvgIpc) is 3.57. The van der Waals surface area contributed by atoms with Crippen LogP contribution in [-0.4, -0.2) is 51.0 Å². The Morgan fingerprint density at radius 1 is 0.971 bits per heavy atom. The molecule has 182 valence electrons. The average molecular weight is 474 g/mol. The molecule has 2 heterocycles. The van der Waals surface area contributed by atoms with Crippen molar-refractivity contribution in [2.24, 2.45) is 0 Å². The van der Waals surface area contributed by atoms with Gasteiger partial charge in [0.1, 0.15) is 5.75 Å². The first-order valence-corrected chi connectivity index (χ1v) is 12.4. The third-order valence-corrected chi connectivity index (χ3v) is 6.91. The van der Waals surface area contributed by atoms with Crippen LogP contribution in [0.5, 0.6) is 5.75 Å². The van der Waals surface area contributed by atoms with Crippen molar-refractivity contribution in [3.05, 3.63) is 66.0 Å². The molecule has 2 aliphatic rings. The van der Waals surface area contributed by atoms with Crippen molar-refractivity contribution in [2.45, 2.75) is 57.5 Å². The van der Waals surface area contributed by atoms with Gasteiger partial charge in [-0.1, -0.05) is 47.2 Å². The van der Waals surface area contributed by atoms with E-state index in [2.05, 4.69) is 34.7 Å². The van der Waals surface area contributed by atoms with Crippen LogP contribution in [0.15, 0.2) is 54.7 Å². The minimum absolute atomic E-state index is 0.0293. The van der Waals surface area contributed by atoms with Gasteiger partial charge >= 0.3 is 6.09 Å². The quantitative estimate of drug-likeness (QED) is 0.577. The summed E-state index contributed by atoms with van der Waals surface area (Å²) >= 11 is 0. The number of carbonyl (C=O) groups is 2. The highest BCUT2D eigenvalue weighted by Crippen LogP contribution is 2.29. The monoisotopic (exact) mass is 473 g/mol. The van der Waals surface area contributed by atoms with Gasteiger partial charge in [0.15, 0.2) is 5.69 Å². The molecule has 1 N–H and O–H groups in total. The number of ether oxygens (including phenoxy) is 1. The predicted molar refractivity (Wildman–Crippen MR) is 132 cm³/mol. The molecule has 3 aromatic rings. The van der Waals surface area contributed by atoms with Crippen molar-refractivity contribution >= 4 is 12.0 Å².